The number of pyridine rings is 1. The van der Waals surface area contributed by atoms with Crippen LogP contribution in [-0.2, 0) is 0 Å². The fourth-order valence-electron chi connectivity index (χ4n) is 2.63. The van der Waals surface area contributed by atoms with Crippen LogP contribution >= 0.6 is 0 Å². The predicted molar refractivity (Wildman–Crippen MR) is 90.0 cm³/mol. The highest BCUT2D eigenvalue weighted by Crippen LogP contribution is 2.36. The van der Waals surface area contributed by atoms with Crippen LogP contribution in [0.15, 0.2) is 54.0 Å². The highest BCUT2D eigenvalue weighted by atomic mass is 16.5. The standard InChI is InChI=1S/C19H16N2O2/c1-4-13-7-8-21(18(22)10-13)16-11-19(2,3)23-17-6-5-14(12-20)9-15(16)17/h4-11H,1H2,2-3H3. The van der Waals surface area contributed by atoms with Crippen LogP contribution in [0, 0.1) is 11.3 Å². The molecule has 2 heterocycles. The summed E-state index contributed by atoms with van der Waals surface area (Å²) >= 11 is 0. The first kappa shape index (κ1) is 14.9. The molecule has 0 N–H and O–H groups in total. The van der Waals surface area contributed by atoms with E-state index < -0.39 is 5.60 Å². The minimum Gasteiger partial charge on any atom is -0.483 e. The first-order chi connectivity index (χ1) is 10.9. The number of nitrogens with zero attached hydrogens (tertiary/aromatic N) is 2. The van der Waals surface area contributed by atoms with Crippen molar-refractivity contribution < 1.29 is 4.74 Å². The molecule has 3 rings (SSSR count). The van der Waals surface area contributed by atoms with Gasteiger partial charge in [0.2, 0.25) is 0 Å². The molecule has 23 heavy (non-hydrogen) atoms. The fraction of sp³-hybridized carbons (Fsp3) is 0.158. The van der Waals surface area contributed by atoms with E-state index in [0.29, 0.717) is 17.0 Å². The molecule has 2 aromatic rings. The molecule has 1 aliphatic heterocycles. The molecular formula is C19H16N2O2. The van der Waals surface area contributed by atoms with E-state index in [1.165, 1.54) is 6.07 Å². The Hall–Kier alpha value is -3.06. The van der Waals surface area contributed by atoms with Gasteiger partial charge in [-0.2, -0.15) is 5.26 Å². The molecule has 0 aliphatic carbocycles. The third kappa shape index (κ3) is 2.69. The summed E-state index contributed by atoms with van der Waals surface area (Å²) in [5, 5.41) is 9.13. The van der Waals surface area contributed by atoms with E-state index in [0.717, 1.165) is 11.1 Å². The second-order valence-electron chi connectivity index (χ2n) is 5.93. The lowest BCUT2D eigenvalue weighted by atomic mass is 9.97. The van der Waals surface area contributed by atoms with Crippen molar-refractivity contribution in [3.8, 4) is 11.8 Å². The second-order valence-corrected chi connectivity index (χ2v) is 5.93. The largest absolute Gasteiger partial charge is 0.483 e. The normalized spacial score (nSPS) is 14.9. The van der Waals surface area contributed by atoms with E-state index in [4.69, 9.17) is 10.00 Å². The maximum Gasteiger partial charge on any atom is 0.255 e. The number of aromatic nitrogens is 1. The van der Waals surface area contributed by atoms with Crippen LogP contribution in [0.2, 0.25) is 0 Å². The molecule has 4 heteroatoms. The monoisotopic (exact) mass is 304 g/mol. The Kier molecular flexibility index (Phi) is 3.42. The fourth-order valence-corrected chi connectivity index (χ4v) is 2.63. The van der Waals surface area contributed by atoms with E-state index in [-0.39, 0.29) is 5.56 Å². The molecule has 114 valence electrons. The van der Waals surface area contributed by atoms with Gasteiger partial charge < -0.3 is 4.74 Å². The number of benzene rings is 1. The van der Waals surface area contributed by atoms with Crippen molar-refractivity contribution in [2.45, 2.75) is 19.4 Å². The summed E-state index contributed by atoms with van der Waals surface area (Å²) in [7, 11) is 0. The van der Waals surface area contributed by atoms with Gasteiger partial charge in [-0.15, -0.1) is 0 Å². The molecule has 0 fully saturated rings. The van der Waals surface area contributed by atoms with Crippen molar-refractivity contribution in [3.05, 3.63) is 76.2 Å². The lowest BCUT2D eigenvalue weighted by molar-refractivity contribution is 0.157. The number of hydrogen-bond acceptors (Lipinski definition) is 3. The van der Waals surface area contributed by atoms with Crippen molar-refractivity contribution in [1.82, 2.24) is 4.57 Å². The Morgan fingerprint density at radius 3 is 2.74 bits per heavy atom. The summed E-state index contributed by atoms with van der Waals surface area (Å²) in [4.78, 5) is 12.4. The van der Waals surface area contributed by atoms with Crippen LogP contribution in [-0.4, -0.2) is 10.2 Å². The van der Waals surface area contributed by atoms with Gasteiger partial charge >= 0.3 is 0 Å². The molecule has 0 saturated heterocycles. The van der Waals surface area contributed by atoms with Crippen molar-refractivity contribution in [1.29, 1.82) is 5.26 Å². The van der Waals surface area contributed by atoms with Gasteiger partial charge in [-0.25, -0.2) is 0 Å². The van der Waals surface area contributed by atoms with Gasteiger partial charge in [0.15, 0.2) is 0 Å². The quantitative estimate of drug-likeness (QED) is 0.854. The molecule has 1 aromatic carbocycles. The molecule has 0 unspecified atom stereocenters. The van der Waals surface area contributed by atoms with E-state index in [9.17, 15) is 4.79 Å². The number of hydrogen-bond donors (Lipinski definition) is 0. The van der Waals surface area contributed by atoms with E-state index in [1.54, 1.807) is 35.0 Å². The second kappa shape index (κ2) is 5.29. The molecule has 1 aromatic heterocycles. The summed E-state index contributed by atoms with van der Waals surface area (Å²) in [5.41, 5.74) is 2.04. The predicted octanol–water partition coefficient (Wildman–Crippen LogP) is 3.42. The van der Waals surface area contributed by atoms with Crippen LogP contribution in [0.1, 0.15) is 30.5 Å². The molecule has 0 atom stereocenters. The van der Waals surface area contributed by atoms with Crippen molar-refractivity contribution in [3.63, 3.8) is 0 Å². The van der Waals surface area contributed by atoms with Crippen molar-refractivity contribution in [2.24, 2.45) is 0 Å². The van der Waals surface area contributed by atoms with Gasteiger partial charge in [0.1, 0.15) is 11.4 Å². The first-order valence-corrected chi connectivity index (χ1v) is 7.25. The van der Waals surface area contributed by atoms with Crippen LogP contribution in [0.25, 0.3) is 11.8 Å². The Balaban J connectivity index is 2.25. The minimum absolute atomic E-state index is 0.153. The summed E-state index contributed by atoms with van der Waals surface area (Å²) in [6, 6.07) is 10.7. The molecular weight excluding hydrogens is 288 g/mol. The van der Waals surface area contributed by atoms with Crippen molar-refractivity contribution >= 4 is 11.8 Å². The third-order valence-corrected chi connectivity index (χ3v) is 3.68. The number of ether oxygens (including phenoxy) is 1. The number of nitriles is 1. The average molecular weight is 304 g/mol. The maximum atomic E-state index is 12.4. The number of fused-ring (bicyclic) bond motifs is 1. The van der Waals surface area contributed by atoms with Crippen LogP contribution < -0.4 is 10.3 Å². The Morgan fingerprint density at radius 1 is 1.30 bits per heavy atom. The van der Waals surface area contributed by atoms with Crippen LogP contribution in [0.4, 0.5) is 0 Å². The van der Waals surface area contributed by atoms with Gasteiger partial charge in [-0.05, 0) is 49.8 Å². The van der Waals surface area contributed by atoms with Gasteiger partial charge in [0.25, 0.3) is 5.56 Å². The average Bonchev–Trinajstić information content (AvgIpc) is 2.53. The lowest BCUT2D eigenvalue weighted by Gasteiger charge is -2.31. The highest BCUT2D eigenvalue weighted by molar-refractivity contribution is 5.74. The van der Waals surface area contributed by atoms with Gasteiger partial charge in [-0.3, -0.25) is 9.36 Å². The molecule has 0 saturated carbocycles. The zero-order chi connectivity index (χ0) is 16.6. The Bertz CT molecular complexity index is 927. The zero-order valence-corrected chi connectivity index (χ0v) is 13.0. The molecule has 0 amide bonds. The van der Waals surface area contributed by atoms with Gasteiger partial charge in [0, 0.05) is 17.8 Å². The van der Waals surface area contributed by atoms with Gasteiger partial charge in [-0.1, -0.05) is 12.7 Å². The summed E-state index contributed by atoms with van der Waals surface area (Å²) in [6.45, 7) is 7.53. The van der Waals surface area contributed by atoms with Crippen LogP contribution in [0.5, 0.6) is 5.75 Å². The molecule has 0 bridgehead atoms. The first-order valence-electron chi connectivity index (χ1n) is 7.25. The van der Waals surface area contributed by atoms with Crippen LogP contribution in [0.3, 0.4) is 0 Å². The summed E-state index contributed by atoms with van der Waals surface area (Å²) in [6.07, 6.45) is 5.25. The Labute approximate surface area is 134 Å². The van der Waals surface area contributed by atoms with Crippen molar-refractivity contribution in [2.75, 3.05) is 0 Å². The van der Waals surface area contributed by atoms with Gasteiger partial charge in [0.05, 0.1) is 17.3 Å². The number of rotatable bonds is 2. The third-order valence-electron chi connectivity index (χ3n) is 3.68. The summed E-state index contributed by atoms with van der Waals surface area (Å²) < 4.78 is 7.50. The zero-order valence-electron chi connectivity index (χ0n) is 13.0. The Morgan fingerprint density at radius 2 is 2.09 bits per heavy atom. The smallest absolute Gasteiger partial charge is 0.255 e. The summed E-state index contributed by atoms with van der Waals surface area (Å²) in [5.74, 6) is 0.659. The molecule has 0 spiro atoms. The highest BCUT2D eigenvalue weighted by Gasteiger charge is 2.28. The van der Waals surface area contributed by atoms with E-state index in [1.807, 2.05) is 26.0 Å². The minimum atomic E-state index is -0.549. The topological polar surface area (TPSA) is 55.0 Å². The molecule has 1 aliphatic rings. The lowest BCUT2D eigenvalue weighted by Crippen LogP contribution is -2.32. The molecule has 0 radical (unpaired) electrons. The maximum absolute atomic E-state index is 12.4. The SMILES string of the molecule is C=Cc1ccn(C2=CC(C)(C)Oc3ccc(C#N)cc32)c(=O)c1. The van der Waals surface area contributed by atoms with E-state index in [2.05, 4.69) is 12.6 Å². The van der Waals surface area contributed by atoms with E-state index >= 15 is 0 Å². The molecule has 4 nitrogen and oxygen atoms in total.